The molecule has 5 nitrogen and oxygen atoms in total. The van der Waals surface area contributed by atoms with Gasteiger partial charge in [-0.2, -0.15) is 5.26 Å². The molecule has 1 saturated heterocycles. The highest BCUT2D eigenvalue weighted by Gasteiger charge is 2.32. The number of benzene rings is 1. The van der Waals surface area contributed by atoms with Crippen molar-refractivity contribution < 1.29 is 5.11 Å². The molecule has 5 heteroatoms. The predicted molar refractivity (Wildman–Crippen MR) is 105 cm³/mol. The van der Waals surface area contributed by atoms with E-state index in [0.717, 1.165) is 36.3 Å². The first kappa shape index (κ1) is 17.7. The minimum absolute atomic E-state index is 0.204. The van der Waals surface area contributed by atoms with Gasteiger partial charge >= 0.3 is 0 Å². The molecule has 2 atom stereocenters. The number of nitrogens with zero attached hydrogens (tertiary/aromatic N) is 4. The molecule has 1 fully saturated rings. The molecule has 2 aromatic heterocycles. The zero-order valence-electron chi connectivity index (χ0n) is 15.8. The van der Waals surface area contributed by atoms with Gasteiger partial charge in [0.05, 0.1) is 11.6 Å². The topological polar surface area (TPSA) is 65.1 Å². The largest absolute Gasteiger partial charge is 0.391 e. The second-order valence-corrected chi connectivity index (χ2v) is 7.52. The van der Waals surface area contributed by atoms with E-state index in [1.54, 1.807) is 0 Å². The Morgan fingerprint density at radius 2 is 2.04 bits per heavy atom. The van der Waals surface area contributed by atoms with E-state index >= 15 is 0 Å². The predicted octanol–water partition coefficient (Wildman–Crippen LogP) is 2.79. The van der Waals surface area contributed by atoms with E-state index in [0.29, 0.717) is 12.2 Å². The number of pyridine rings is 1. The van der Waals surface area contributed by atoms with Crippen molar-refractivity contribution in [3.8, 4) is 6.07 Å². The summed E-state index contributed by atoms with van der Waals surface area (Å²) < 4.78 is 1.93. The van der Waals surface area contributed by atoms with E-state index in [4.69, 9.17) is 0 Å². The first-order chi connectivity index (χ1) is 13.1. The van der Waals surface area contributed by atoms with Gasteiger partial charge in [-0.05, 0) is 42.7 Å². The van der Waals surface area contributed by atoms with E-state index in [9.17, 15) is 10.4 Å². The molecular formula is C22H24N4O. The van der Waals surface area contributed by atoms with Gasteiger partial charge in [-0.15, -0.1) is 0 Å². The van der Waals surface area contributed by atoms with Crippen molar-refractivity contribution in [2.75, 3.05) is 13.1 Å². The van der Waals surface area contributed by atoms with E-state index in [1.807, 2.05) is 49.0 Å². The Labute approximate surface area is 159 Å². The van der Waals surface area contributed by atoms with Gasteiger partial charge in [-0.1, -0.05) is 18.2 Å². The quantitative estimate of drug-likeness (QED) is 0.777. The third kappa shape index (κ3) is 3.34. The number of aromatic nitrogens is 2. The van der Waals surface area contributed by atoms with Gasteiger partial charge in [0, 0.05) is 49.9 Å². The van der Waals surface area contributed by atoms with Gasteiger partial charge in [0.1, 0.15) is 11.8 Å². The van der Waals surface area contributed by atoms with Crippen molar-refractivity contribution in [1.82, 2.24) is 14.5 Å². The molecular weight excluding hydrogens is 336 g/mol. The van der Waals surface area contributed by atoms with Crippen LogP contribution in [0.1, 0.15) is 22.5 Å². The van der Waals surface area contributed by atoms with Crippen LogP contribution in [-0.2, 0) is 20.0 Å². The average Bonchev–Trinajstić information content (AvgIpc) is 3.16. The van der Waals surface area contributed by atoms with Crippen molar-refractivity contribution in [3.63, 3.8) is 0 Å². The zero-order chi connectivity index (χ0) is 19.0. The summed E-state index contributed by atoms with van der Waals surface area (Å²) in [5, 5.41) is 21.0. The van der Waals surface area contributed by atoms with Gasteiger partial charge in [-0.25, -0.2) is 0 Å². The second kappa shape index (κ2) is 7.15. The summed E-state index contributed by atoms with van der Waals surface area (Å²) in [4.78, 5) is 6.73. The second-order valence-electron chi connectivity index (χ2n) is 7.52. The number of nitriles is 1. The van der Waals surface area contributed by atoms with Crippen LogP contribution in [0, 0.1) is 24.2 Å². The SMILES string of the molecule is Cc1c(CN2C[C@@H](Cc3ccnc4ccccc34)[C@H](O)C2)cc(C#N)n1C. The Morgan fingerprint density at radius 1 is 1.22 bits per heavy atom. The van der Waals surface area contributed by atoms with Crippen LogP contribution in [0.25, 0.3) is 10.9 Å². The smallest absolute Gasteiger partial charge is 0.120 e. The number of β-amino-alcohol motifs (C(OH)–C–C–N with tert-alkyl or cyclic N) is 1. The molecule has 0 spiro atoms. The molecule has 0 unspecified atom stereocenters. The number of hydrogen-bond donors (Lipinski definition) is 1. The lowest BCUT2D eigenvalue weighted by Crippen LogP contribution is -2.21. The Balaban J connectivity index is 1.49. The summed E-state index contributed by atoms with van der Waals surface area (Å²) in [6.07, 6.45) is 2.36. The lowest BCUT2D eigenvalue weighted by molar-refractivity contribution is 0.141. The maximum atomic E-state index is 10.6. The maximum Gasteiger partial charge on any atom is 0.120 e. The molecule has 1 aliphatic heterocycles. The number of hydrogen-bond acceptors (Lipinski definition) is 4. The third-order valence-corrected chi connectivity index (χ3v) is 5.85. The van der Waals surface area contributed by atoms with Gasteiger partial charge in [0.2, 0.25) is 0 Å². The highest BCUT2D eigenvalue weighted by molar-refractivity contribution is 5.81. The Kier molecular flexibility index (Phi) is 4.69. The molecule has 0 amide bonds. The number of aliphatic hydroxyl groups is 1. The highest BCUT2D eigenvalue weighted by Crippen LogP contribution is 2.27. The van der Waals surface area contributed by atoms with Crippen LogP contribution in [0.4, 0.5) is 0 Å². The fourth-order valence-electron chi connectivity index (χ4n) is 4.16. The summed E-state index contributed by atoms with van der Waals surface area (Å²) in [5.41, 5.74) is 5.21. The maximum absolute atomic E-state index is 10.6. The number of likely N-dealkylation sites (tertiary alicyclic amines) is 1. The van der Waals surface area contributed by atoms with Crippen LogP contribution in [0.5, 0.6) is 0 Å². The number of aliphatic hydroxyl groups excluding tert-OH is 1. The molecule has 0 bridgehead atoms. The summed E-state index contributed by atoms with van der Waals surface area (Å²) in [5.74, 6) is 0.204. The fraction of sp³-hybridized carbons (Fsp3) is 0.364. The average molecular weight is 360 g/mol. The van der Waals surface area contributed by atoms with Gasteiger partial charge < -0.3 is 9.67 Å². The molecule has 0 saturated carbocycles. The molecule has 4 rings (SSSR count). The minimum Gasteiger partial charge on any atom is -0.391 e. The van der Waals surface area contributed by atoms with E-state index in [-0.39, 0.29) is 12.0 Å². The van der Waals surface area contributed by atoms with Crippen LogP contribution in [0.2, 0.25) is 0 Å². The molecule has 0 aliphatic carbocycles. The van der Waals surface area contributed by atoms with Crippen LogP contribution >= 0.6 is 0 Å². The van der Waals surface area contributed by atoms with E-state index in [1.165, 1.54) is 10.9 Å². The third-order valence-electron chi connectivity index (χ3n) is 5.85. The molecule has 27 heavy (non-hydrogen) atoms. The van der Waals surface area contributed by atoms with Gasteiger partial charge in [0.15, 0.2) is 0 Å². The van der Waals surface area contributed by atoms with Crippen molar-refractivity contribution >= 4 is 10.9 Å². The summed E-state index contributed by atoms with van der Waals surface area (Å²) >= 11 is 0. The van der Waals surface area contributed by atoms with Gasteiger partial charge in [0.25, 0.3) is 0 Å². The summed E-state index contributed by atoms with van der Waals surface area (Å²) in [6.45, 7) is 4.34. The monoisotopic (exact) mass is 360 g/mol. The van der Waals surface area contributed by atoms with Crippen LogP contribution in [-0.4, -0.2) is 38.8 Å². The van der Waals surface area contributed by atoms with Crippen molar-refractivity contribution in [1.29, 1.82) is 5.26 Å². The van der Waals surface area contributed by atoms with Crippen molar-refractivity contribution in [3.05, 3.63) is 65.1 Å². The summed E-state index contributed by atoms with van der Waals surface area (Å²) in [7, 11) is 1.92. The molecule has 0 radical (unpaired) electrons. The van der Waals surface area contributed by atoms with Gasteiger partial charge in [-0.3, -0.25) is 9.88 Å². The van der Waals surface area contributed by atoms with Crippen molar-refractivity contribution in [2.45, 2.75) is 26.0 Å². The summed E-state index contributed by atoms with van der Waals surface area (Å²) in [6, 6.07) is 14.4. The van der Waals surface area contributed by atoms with Crippen LogP contribution < -0.4 is 0 Å². The first-order valence-corrected chi connectivity index (χ1v) is 9.35. The van der Waals surface area contributed by atoms with E-state index < -0.39 is 0 Å². The highest BCUT2D eigenvalue weighted by atomic mass is 16.3. The molecule has 1 N–H and O–H groups in total. The first-order valence-electron chi connectivity index (χ1n) is 9.35. The normalized spacial score (nSPS) is 20.2. The van der Waals surface area contributed by atoms with Crippen LogP contribution in [0.15, 0.2) is 42.6 Å². The number of para-hydroxylation sites is 1. The fourth-order valence-corrected chi connectivity index (χ4v) is 4.16. The van der Waals surface area contributed by atoms with Crippen molar-refractivity contribution in [2.24, 2.45) is 13.0 Å². The molecule has 3 aromatic rings. The minimum atomic E-state index is -0.337. The lowest BCUT2D eigenvalue weighted by atomic mass is 9.94. The standard InChI is InChI=1S/C22H24N4O/c1-15-17(10-19(11-23)25(15)2)12-26-13-18(22(27)14-26)9-16-7-8-24-21-6-4-3-5-20(16)21/h3-8,10,18,22,27H,9,12-14H2,1-2H3/t18-,22-/m1/s1. The molecule has 1 aliphatic rings. The Bertz CT molecular complexity index is 1010. The zero-order valence-corrected chi connectivity index (χ0v) is 15.8. The molecule has 138 valence electrons. The molecule has 1 aromatic carbocycles. The lowest BCUT2D eigenvalue weighted by Gasteiger charge is -2.16. The Morgan fingerprint density at radius 3 is 2.81 bits per heavy atom. The number of fused-ring (bicyclic) bond motifs is 1. The van der Waals surface area contributed by atoms with Crippen LogP contribution in [0.3, 0.4) is 0 Å². The van der Waals surface area contributed by atoms with E-state index in [2.05, 4.69) is 28.1 Å². The molecule has 3 heterocycles. The Hall–Kier alpha value is -2.68. The number of rotatable bonds is 4.